The monoisotopic (exact) mass is 469 g/mol. The molecule has 2 heterocycles. The highest BCUT2D eigenvalue weighted by molar-refractivity contribution is 5.90. The van der Waals surface area contributed by atoms with E-state index < -0.39 is 11.9 Å². The van der Waals surface area contributed by atoms with E-state index in [1.807, 2.05) is 0 Å². The van der Waals surface area contributed by atoms with Gasteiger partial charge in [0.1, 0.15) is 0 Å². The molecule has 0 bridgehead atoms. The molecule has 1 aliphatic carbocycles. The fourth-order valence-electron chi connectivity index (χ4n) is 4.82. The van der Waals surface area contributed by atoms with Crippen LogP contribution in [0, 0.1) is 11.3 Å². The van der Waals surface area contributed by atoms with Gasteiger partial charge >= 0.3 is 11.9 Å². The number of H-pyrrole nitrogens is 1. The van der Waals surface area contributed by atoms with Crippen LogP contribution in [-0.2, 0) is 20.8 Å². The number of rotatable bonds is 4. The Kier molecular flexibility index (Phi) is 7.51. The number of nitrogens with zero attached hydrogens (tertiary/aromatic N) is 1. The number of amides is 1. The van der Waals surface area contributed by atoms with Crippen LogP contribution < -0.4 is 5.32 Å². The lowest BCUT2D eigenvalue weighted by Crippen LogP contribution is -2.53. The van der Waals surface area contributed by atoms with Crippen molar-refractivity contribution in [1.29, 1.82) is 0 Å². The summed E-state index contributed by atoms with van der Waals surface area (Å²) in [6.45, 7) is 9.49. The number of carbonyl (C=O) groups is 3. The molecule has 2 aromatic rings. The number of aromatic nitrogens is 1. The summed E-state index contributed by atoms with van der Waals surface area (Å²) < 4.78 is 0. The van der Waals surface area contributed by atoms with Crippen molar-refractivity contribution in [1.82, 2.24) is 15.2 Å². The second kappa shape index (κ2) is 10.0. The number of likely N-dealkylation sites (tertiary alicyclic amines) is 1. The van der Waals surface area contributed by atoms with Gasteiger partial charge in [-0.05, 0) is 49.4 Å². The molecular formula is C26H35N3O5. The molecule has 184 valence electrons. The summed E-state index contributed by atoms with van der Waals surface area (Å²) in [5, 5.41) is 20.3. The third-order valence-electron chi connectivity index (χ3n) is 7.12. The number of carbonyl (C=O) groups excluding carboxylic acids is 1. The van der Waals surface area contributed by atoms with Gasteiger partial charge < -0.3 is 25.4 Å². The highest BCUT2D eigenvalue weighted by Crippen LogP contribution is 2.44. The largest absolute Gasteiger partial charge is 0.478 e. The molecule has 0 saturated carbocycles. The fraction of sp³-hybridized carbons (Fsp3) is 0.500. The van der Waals surface area contributed by atoms with E-state index in [-0.39, 0.29) is 23.3 Å². The van der Waals surface area contributed by atoms with Crippen molar-refractivity contribution in [3.8, 4) is 0 Å². The number of likely N-dealkylation sites (N-methyl/N-ethyl adjacent to an activating group) is 1. The molecule has 4 unspecified atom stereocenters. The van der Waals surface area contributed by atoms with E-state index in [1.54, 1.807) is 0 Å². The quantitative estimate of drug-likeness (QED) is 0.509. The first-order valence-electron chi connectivity index (χ1n) is 11.6. The number of nitrogens with one attached hydrogen (secondary N) is 2. The van der Waals surface area contributed by atoms with Crippen molar-refractivity contribution in [2.45, 2.75) is 58.5 Å². The SMILES string of the molecule is CC(NC(=O)C1CC2c3cccc4[nH]cc(c34)CC2N(C)C1)C(C)(C)C.O=C(O)C=CC(=O)O. The number of carboxylic acid groups (broad SMARTS) is 2. The number of carboxylic acids is 2. The van der Waals surface area contributed by atoms with Crippen LogP contribution in [0.2, 0.25) is 0 Å². The van der Waals surface area contributed by atoms with Crippen LogP contribution >= 0.6 is 0 Å². The van der Waals surface area contributed by atoms with Crippen molar-refractivity contribution in [2.75, 3.05) is 13.6 Å². The first-order chi connectivity index (χ1) is 15.9. The lowest BCUT2D eigenvalue weighted by atomic mass is 9.72. The molecule has 1 saturated heterocycles. The molecule has 1 aliphatic heterocycles. The Labute approximate surface area is 200 Å². The Bertz CT molecular complexity index is 1080. The Balaban J connectivity index is 0.000000350. The Morgan fingerprint density at radius 1 is 1.18 bits per heavy atom. The van der Waals surface area contributed by atoms with Gasteiger partial charge in [0.05, 0.1) is 5.92 Å². The Hall–Kier alpha value is -3.13. The maximum atomic E-state index is 13.0. The van der Waals surface area contributed by atoms with E-state index in [1.165, 1.54) is 22.0 Å². The van der Waals surface area contributed by atoms with Crippen LogP contribution in [0.1, 0.15) is 51.2 Å². The molecule has 2 aliphatic rings. The van der Waals surface area contributed by atoms with Crippen LogP contribution in [0.3, 0.4) is 0 Å². The van der Waals surface area contributed by atoms with Crippen molar-refractivity contribution in [3.63, 3.8) is 0 Å². The van der Waals surface area contributed by atoms with Gasteiger partial charge in [0.15, 0.2) is 0 Å². The van der Waals surface area contributed by atoms with E-state index in [4.69, 9.17) is 10.2 Å². The summed E-state index contributed by atoms with van der Waals surface area (Å²) in [6.07, 6.45) is 5.30. The zero-order valence-electron chi connectivity index (χ0n) is 20.5. The molecule has 4 atom stereocenters. The van der Waals surface area contributed by atoms with E-state index in [9.17, 15) is 14.4 Å². The molecule has 1 fully saturated rings. The lowest BCUT2D eigenvalue weighted by Gasteiger charge is -2.45. The van der Waals surface area contributed by atoms with Gasteiger partial charge in [-0.25, -0.2) is 9.59 Å². The van der Waals surface area contributed by atoms with Gasteiger partial charge in [0.2, 0.25) is 5.91 Å². The predicted molar refractivity (Wildman–Crippen MR) is 131 cm³/mol. The van der Waals surface area contributed by atoms with E-state index in [2.05, 4.69) is 74.3 Å². The molecule has 8 heteroatoms. The van der Waals surface area contributed by atoms with Crippen molar-refractivity contribution >= 4 is 28.7 Å². The van der Waals surface area contributed by atoms with Crippen molar-refractivity contribution in [3.05, 3.63) is 47.7 Å². The lowest BCUT2D eigenvalue weighted by molar-refractivity contribution is -0.134. The second-order valence-corrected chi connectivity index (χ2v) is 10.4. The number of hydrogen-bond donors (Lipinski definition) is 4. The standard InChI is InChI=1S/C22H31N3O.C4H4O4/c1-13(22(2,3)4)24-21(26)15-9-17-16-7-6-8-18-20(16)14(11-23-18)10-19(17)25(5)12-15;5-3(6)1-2-4(7)8/h6-8,11,13,15,17,19,23H,9-10,12H2,1-5H3,(H,24,26);1-2H,(H,5,6)(H,7,8). The van der Waals surface area contributed by atoms with Gasteiger partial charge in [0.25, 0.3) is 0 Å². The molecule has 1 aromatic carbocycles. The van der Waals surface area contributed by atoms with Crippen molar-refractivity contribution in [2.24, 2.45) is 11.3 Å². The summed E-state index contributed by atoms with van der Waals surface area (Å²) in [5.41, 5.74) is 4.15. The highest BCUT2D eigenvalue weighted by Gasteiger charge is 2.41. The minimum atomic E-state index is -1.26. The summed E-state index contributed by atoms with van der Waals surface area (Å²) in [6, 6.07) is 7.23. The molecule has 0 spiro atoms. The number of piperidine rings is 1. The van der Waals surface area contributed by atoms with Gasteiger partial charge in [0, 0.05) is 53.8 Å². The highest BCUT2D eigenvalue weighted by atomic mass is 16.4. The van der Waals surface area contributed by atoms with Crippen LogP contribution in [0.5, 0.6) is 0 Å². The number of benzene rings is 1. The third kappa shape index (κ3) is 5.67. The Morgan fingerprint density at radius 2 is 1.82 bits per heavy atom. The van der Waals surface area contributed by atoms with Gasteiger partial charge in [-0.2, -0.15) is 0 Å². The normalized spacial score (nSPS) is 23.0. The molecule has 8 nitrogen and oxygen atoms in total. The van der Waals surface area contributed by atoms with E-state index >= 15 is 0 Å². The van der Waals surface area contributed by atoms with Crippen LogP contribution in [0.15, 0.2) is 36.5 Å². The number of hydrogen-bond acceptors (Lipinski definition) is 4. The van der Waals surface area contributed by atoms with Gasteiger partial charge in [-0.15, -0.1) is 0 Å². The maximum absolute atomic E-state index is 13.0. The summed E-state index contributed by atoms with van der Waals surface area (Å²) in [7, 11) is 2.18. The number of aliphatic carboxylic acids is 2. The molecule has 4 N–H and O–H groups in total. The molecule has 1 aromatic heterocycles. The molecule has 1 amide bonds. The minimum absolute atomic E-state index is 0.0572. The molecule has 0 radical (unpaired) electrons. The first kappa shape index (κ1) is 25.5. The summed E-state index contributed by atoms with van der Waals surface area (Å²) in [5.74, 6) is -1.81. The summed E-state index contributed by atoms with van der Waals surface area (Å²) >= 11 is 0. The topological polar surface area (TPSA) is 123 Å². The van der Waals surface area contributed by atoms with Crippen LogP contribution in [0.4, 0.5) is 0 Å². The van der Waals surface area contributed by atoms with Crippen LogP contribution in [0.25, 0.3) is 10.9 Å². The zero-order chi connectivity index (χ0) is 25.2. The summed E-state index contributed by atoms with van der Waals surface area (Å²) in [4.78, 5) is 37.9. The molecular weight excluding hydrogens is 434 g/mol. The van der Waals surface area contributed by atoms with E-state index in [0.717, 1.165) is 19.4 Å². The maximum Gasteiger partial charge on any atom is 0.328 e. The fourth-order valence-corrected chi connectivity index (χ4v) is 4.82. The third-order valence-corrected chi connectivity index (χ3v) is 7.12. The smallest absolute Gasteiger partial charge is 0.328 e. The van der Waals surface area contributed by atoms with Crippen LogP contribution in [-0.4, -0.2) is 63.6 Å². The first-order valence-corrected chi connectivity index (χ1v) is 11.6. The van der Waals surface area contributed by atoms with E-state index in [0.29, 0.717) is 24.1 Å². The minimum Gasteiger partial charge on any atom is -0.478 e. The second-order valence-electron chi connectivity index (χ2n) is 10.4. The Morgan fingerprint density at radius 3 is 2.41 bits per heavy atom. The molecule has 4 rings (SSSR count). The number of aromatic amines is 1. The average molecular weight is 470 g/mol. The van der Waals surface area contributed by atoms with Gasteiger partial charge in [-0.3, -0.25) is 4.79 Å². The average Bonchev–Trinajstić information content (AvgIpc) is 3.17. The van der Waals surface area contributed by atoms with Gasteiger partial charge in [-0.1, -0.05) is 32.9 Å². The zero-order valence-corrected chi connectivity index (χ0v) is 20.5. The number of fused-ring (bicyclic) bond motifs is 2. The van der Waals surface area contributed by atoms with Crippen molar-refractivity contribution < 1.29 is 24.6 Å². The predicted octanol–water partition coefficient (Wildman–Crippen LogP) is 3.39. The molecule has 34 heavy (non-hydrogen) atoms.